The van der Waals surface area contributed by atoms with Crippen LogP contribution in [-0.4, -0.2) is 28.6 Å². The number of nitrogens with one attached hydrogen (secondary N) is 1. The van der Waals surface area contributed by atoms with E-state index in [1.165, 1.54) is 37.4 Å². The van der Waals surface area contributed by atoms with E-state index in [-0.39, 0.29) is 0 Å². The van der Waals surface area contributed by atoms with Crippen molar-refractivity contribution in [2.45, 2.75) is 36.9 Å². The van der Waals surface area contributed by atoms with Crippen molar-refractivity contribution in [3.8, 4) is 0 Å². The Bertz CT molecular complexity index is 466. The van der Waals surface area contributed by atoms with E-state index in [1.807, 2.05) is 6.26 Å². The quantitative estimate of drug-likeness (QED) is 0.514. The maximum absolute atomic E-state index is 11.0. The average Bonchev–Trinajstić information content (AvgIpc) is 3.01. The van der Waals surface area contributed by atoms with Gasteiger partial charge in [0.05, 0.1) is 5.56 Å². The lowest BCUT2D eigenvalue weighted by atomic mass is 9.95. The average molecular weight is 263 g/mol. The van der Waals surface area contributed by atoms with Crippen LogP contribution in [0.3, 0.4) is 0 Å². The molecule has 0 spiro atoms. The summed E-state index contributed by atoms with van der Waals surface area (Å²) in [6, 6.07) is 0.493. The maximum atomic E-state index is 11.0. The molecule has 0 radical (unpaired) electrons. The second-order valence-electron chi connectivity index (χ2n) is 5.20. The van der Waals surface area contributed by atoms with Crippen LogP contribution in [0.15, 0.2) is 11.4 Å². The highest BCUT2D eigenvalue weighted by Gasteiger charge is 2.39. The Kier molecular flexibility index (Phi) is 3.24. The standard InChI is InChI=1S/C13H17N3OS/c1-18-13-14-6-10(7-17)12(16-13)15-11-5-8-2-3-9(11)4-8/h6-9,11H,2-5H2,1H3,(H,14,15,16)/t8-,9+,11-/m0/s1. The summed E-state index contributed by atoms with van der Waals surface area (Å²) in [5, 5.41) is 4.18. The van der Waals surface area contributed by atoms with Gasteiger partial charge >= 0.3 is 0 Å². The molecule has 2 fully saturated rings. The molecule has 3 rings (SSSR count). The molecule has 0 unspecified atom stereocenters. The van der Waals surface area contributed by atoms with Crippen LogP contribution < -0.4 is 5.32 Å². The molecule has 0 aromatic carbocycles. The molecule has 1 aromatic rings. The summed E-state index contributed by atoms with van der Waals surface area (Å²) < 4.78 is 0. The first kappa shape index (κ1) is 12.0. The molecule has 3 atom stereocenters. The number of rotatable bonds is 4. The van der Waals surface area contributed by atoms with Crippen molar-refractivity contribution in [3.63, 3.8) is 0 Å². The molecule has 1 heterocycles. The first-order valence-electron chi connectivity index (χ1n) is 6.43. The molecular formula is C13H17N3OS. The summed E-state index contributed by atoms with van der Waals surface area (Å²) in [4.78, 5) is 19.6. The number of hydrogen-bond donors (Lipinski definition) is 1. The lowest BCUT2D eigenvalue weighted by molar-refractivity contribution is 0.112. The third-order valence-electron chi connectivity index (χ3n) is 4.16. The third kappa shape index (κ3) is 2.11. The lowest BCUT2D eigenvalue weighted by Crippen LogP contribution is -2.27. The van der Waals surface area contributed by atoms with Gasteiger partial charge in [-0.05, 0) is 37.4 Å². The molecule has 0 amide bonds. The van der Waals surface area contributed by atoms with Gasteiger partial charge in [0.15, 0.2) is 11.4 Å². The number of nitrogens with zero attached hydrogens (tertiary/aromatic N) is 2. The molecule has 4 nitrogen and oxygen atoms in total. The molecule has 2 aliphatic carbocycles. The fourth-order valence-electron chi connectivity index (χ4n) is 3.27. The summed E-state index contributed by atoms with van der Waals surface area (Å²) in [7, 11) is 0. The third-order valence-corrected chi connectivity index (χ3v) is 4.73. The SMILES string of the molecule is CSc1ncc(C=O)c(N[C@H]2C[C@H]3CC[C@@H]2C3)n1. The molecule has 0 saturated heterocycles. The molecule has 5 heteroatoms. The van der Waals surface area contributed by atoms with Gasteiger partial charge < -0.3 is 5.32 Å². The van der Waals surface area contributed by atoms with Gasteiger partial charge in [0, 0.05) is 12.2 Å². The Morgan fingerprint density at radius 2 is 2.33 bits per heavy atom. The van der Waals surface area contributed by atoms with Crippen LogP contribution in [0.1, 0.15) is 36.0 Å². The van der Waals surface area contributed by atoms with Crippen molar-refractivity contribution in [3.05, 3.63) is 11.8 Å². The topological polar surface area (TPSA) is 54.9 Å². The van der Waals surface area contributed by atoms with E-state index < -0.39 is 0 Å². The van der Waals surface area contributed by atoms with E-state index in [4.69, 9.17) is 0 Å². The van der Waals surface area contributed by atoms with E-state index in [0.29, 0.717) is 22.6 Å². The number of anilines is 1. The number of aldehydes is 1. The Morgan fingerprint density at radius 3 is 2.94 bits per heavy atom. The van der Waals surface area contributed by atoms with Crippen LogP contribution in [-0.2, 0) is 0 Å². The molecule has 18 heavy (non-hydrogen) atoms. The molecule has 1 aromatic heterocycles. The van der Waals surface area contributed by atoms with Gasteiger partial charge in [-0.1, -0.05) is 18.2 Å². The highest BCUT2D eigenvalue weighted by molar-refractivity contribution is 7.98. The molecule has 2 saturated carbocycles. The lowest BCUT2D eigenvalue weighted by Gasteiger charge is -2.24. The number of thioether (sulfide) groups is 1. The number of fused-ring (bicyclic) bond motifs is 2. The van der Waals surface area contributed by atoms with Crippen LogP contribution in [0, 0.1) is 11.8 Å². The number of carbonyl (C=O) groups is 1. The second-order valence-corrected chi connectivity index (χ2v) is 5.98. The summed E-state index contributed by atoms with van der Waals surface area (Å²) in [6.07, 6.45) is 9.65. The highest BCUT2D eigenvalue weighted by Crippen LogP contribution is 2.45. The molecule has 1 N–H and O–H groups in total. The van der Waals surface area contributed by atoms with Gasteiger partial charge in [0.2, 0.25) is 0 Å². The fourth-order valence-corrected chi connectivity index (χ4v) is 3.61. The van der Waals surface area contributed by atoms with Crippen LogP contribution in [0.2, 0.25) is 0 Å². The minimum atomic E-state index is 0.493. The molecular weight excluding hydrogens is 246 g/mol. The van der Waals surface area contributed by atoms with Crippen LogP contribution in [0.25, 0.3) is 0 Å². The predicted octanol–water partition coefficient (Wildman–Crippen LogP) is 2.61. The van der Waals surface area contributed by atoms with E-state index >= 15 is 0 Å². The highest BCUT2D eigenvalue weighted by atomic mass is 32.2. The van der Waals surface area contributed by atoms with Crippen LogP contribution in [0.4, 0.5) is 5.82 Å². The van der Waals surface area contributed by atoms with E-state index in [9.17, 15) is 4.79 Å². The molecule has 2 aliphatic rings. The maximum Gasteiger partial charge on any atom is 0.189 e. The van der Waals surface area contributed by atoms with Gasteiger partial charge in [-0.15, -0.1) is 0 Å². The van der Waals surface area contributed by atoms with Gasteiger partial charge in [-0.2, -0.15) is 0 Å². The van der Waals surface area contributed by atoms with E-state index in [0.717, 1.165) is 18.1 Å². The fraction of sp³-hybridized carbons (Fsp3) is 0.615. The van der Waals surface area contributed by atoms with Crippen molar-refractivity contribution in [2.75, 3.05) is 11.6 Å². The normalized spacial score (nSPS) is 29.5. The van der Waals surface area contributed by atoms with E-state index in [1.54, 1.807) is 6.20 Å². The predicted molar refractivity (Wildman–Crippen MR) is 72.1 cm³/mol. The summed E-state index contributed by atoms with van der Waals surface area (Å²) >= 11 is 1.50. The summed E-state index contributed by atoms with van der Waals surface area (Å²) in [5.74, 6) is 2.36. The van der Waals surface area contributed by atoms with Crippen molar-refractivity contribution in [1.29, 1.82) is 0 Å². The summed E-state index contributed by atoms with van der Waals surface area (Å²) in [6.45, 7) is 0. The minimum absolute atomic E-state index is 0.493. The Labute approximate surface area is 111 Å². The minimum Gasteiger partial charge on any atom is -0.366 e. The molecule has 96 valence electrons. The van der Waals surface area contributed by atoms with Crippen molar-refractivity contribution in [2.24, 2.45) is 11.8 Å². The molecule has 2 bridgehead atoms. The van der Waals surface area contributed by atoms with E-state index in [2.05, 4.69) is 15.3 Å². The second kappa shape index (κ2) is 4.88. The Morgan fingerprint density at radius 1 is 1.44 bits per heavy atom. The monoisotopic (exact) mass is 263 g/mol. The zero-order chi connectivity index (χ0) is 12.5. The van der Waals surface area contributed by atoms with Crippen molar-refractivity contribution < 1.29 is 4.79 Å². The zero-order valence-electron chi connectivity index (χ0n) is 10.4. The van der Waals surface area contributed by atoms with Gasteiger partial charge in [0.1, 0.15) is 5.82 Å². The van der Waals surface area contributed by atoms with Crippen molar-refractivity contribution in [1.82, 2.24) is 9.97 Å². The zero-order valence-corrected chi connectivity index (χ0v) is 11.2. The van der Waals surface area contributed by atoms with Gasteiger partial charge in [-0.25, -0.2) is 9.97 Å². The number of aromatic nitrogens is 2. The Balaban J connectivity index is 1.80. The molecule has 0 aliphatic heterocycles. The van der Waals surface area contributed by atoms with Crippen LogP contribution in [0.5, 0.6) is 0 Å². The van der Waals surface area contributed by atoms with Gasteiger partial charge in [-0.3, -0.25) is 4.79 Å². The smallest absolute Gasteiger partial charge is 0.189 e. The Hall–Kier alpha value is -1.10. The largest absolute Gasteiger partial charge is 0.366 e. The number of carbonyl (C=O) groups excluding carboxylic acids is 1. The first-order valence-corrected chi connectivity index (χ1v) is 7.65. The van der Waals surface area contributed by atoms with Crippen LogP contribution >= 0.6 is 11.8 Å². The first-order chi connectivity index (χ1) is 8.80. The number of hydrogen-bond acceptors (Lipinski definition) is 5. The van der Waals surface area contributed by atoms with Crippen molar-refractivity contribution >= 4 is 23.9 Å². The summed E-state index contributed by atoms with van der Waals surface area (Å²) in [5.41, 5.74) is 0.565. The van der Waals surface area contributed by atoms with Gasteiger partial charge in [0.25, 0.3) is 0 Å².